The molecule has 0 aromatic carbocycles. The van der Waals surface area contributed by atoms with E-state index in [4.69, 9.17) is 0 Å². The monoisotopic (exact) mass is 339 g/mol. The lowest BCUT2D eigenvalue weighted by atomic mass is 9.86. The Balaban J connectivity index is 5.08. The fraction of sp³-hybridized carbons (Fsp3) is 0.955. The predicted molar refractivity (Wildman–Crippen MR) is 107 cm³/mol. The summed E-state index contributed by atoms with van der Waals surface area (Å²) >= 11 is 0. The van der Waals surface area contributed by atoms with E-state index in [0.717, 1.165) is 19.5 Å². The molecule has 0 aliphatic heterocycles. The minimum Gasteiger partial charge on any atom is -0.342 e. The first kappa shape index (κ1) is 23.5. The minimum atomic E-state index is -0.230. The molecule has 0 rings (SSSR count). The summed E-state index contributed by atoms with van der Waals surface area (Å²) in [6, 6.07) is 0. The van der Waals surface area contributed by atoms with Crippen LogP contribution in [0.15, 0.2) is 0 Å². The van der Waals surface area contributed by atoms with E-state index in [-0.39, 0.29) is 5.41 Å². The van der Waals surface area contributed by atoms with Crippen LogP contribution in [0.3, 0.4) is 0 Å². The molecule has 2 unspecified atom stereocenters. The lowest BCUT2D eigenvalue weighted by molar-refractivity contribution is -0.142. The maximum atomic E-state index is 13.2. The van der Waals surface area contributed by atoms with Gasteiger partial charge in [-0.2, -0.15) is 0 Å². The van der Waals surface area contributed by atoms with Gasteiger partial charge in [0, 0.05) is 18.5 Å². The molecule has 24 heavy (non-hydrogen) atoms. The number of rotatable bonds is 14. The summed E-state index contributed by atoms with van der Waals surface area (Å²) in [5, 5.41) is 0. The van der Waals surface area contributed by atoms with E-state index in [1.165, 1.54) is 51.4 Å². The van der Waals surface area contributed by atoms with Gasteiger partial charge in [-0.25, -0.2) is 0 Å². The van der Waals surface area contributed by atoms with Gasteiger partial charge in [0.15, 0.2) is 0 Å². The van der Waals surface area contributed by atoms with Crippen molar-refractivity contribution in [3.05, 3.63) is 0 Å². The number of hydrogen-bond donors (Lipinski definition) is 0. The largest absolute Gasteiger partial charge is 0.342 e. The summed E-state index contributed by atoms with van der Waals surface area (Å²) < 4.78 is 0. The maximum absolute atomic E-state index is 13.2. The third kappa shape index (κ3) is 8.53. The van der Waals surface area contributed by atoms with Gasteiger partial charge in [-0.3, -0.25) is 4.79 Å². The Kier molecular flexibility index (Phi) is 12.5. The quantitative estimate of drug-likeness (QED) is 0.345. The first-order valence-electron chi connectivity index (χ1n) is 10.6. The highest BCUT2D eigenvalue weighted by Gasteiger charge is 2.32. The number of hydrogen-bond acceptors (Lipinski definition) is 1. The molecule has 0 bridgehead atoms. The van der Waals surface area contributed by atoms with Crippen LogP contribution in [0.4, 0.5) is 0 Å². The summed E-state index contributed by atoms with van der Waals surface area (Å²) in [5.74, 6) is 1.69. The van der Waals surface area contributed by atoms with Crippen LogP contribution in [-0.2, 0) is 4.79 Å². The van der Waals surface area contributed by atoms with Gasteiger partial charge in [0.05, 0.1) is 0 Å². The molecule has 0 aliphatic carbocycles. The molecule has 0 radical (unpaired) electrons. The molecule has 2 atom stereocenters. The van der Waals surface area contributed by atoms with E-state index in [9.17, 15) is 4.79 Å². The molecule has 0 heterocycles. The highest BCUT2D eigenvalue weighted by Crippen LogP contribution is 2.27. The molecule has 0 saturated carbocycles. The normalized spacial score (nSPS) is 14.5. The van der Waals surface area contributed by atoms with Gasteiger partial charge in [-0.15, -0.1) is 0 Å². The molecule has 0 aromatic rings. The molecule has 0 spiro atoms. The highest BCUT2D eigenvalue weighted by atomic mass is 16.2. The van der Waals surface area contributed by atoms with Gasteiger partial charge in [0.1, 0.15) is 0 Å². The summed E-state index contributed by atoms with van der Waals surface area (Å²) in [6.45, 7) is 17.4. The molecule has 144 valence electrons. The Morgan fingerprint density at radius 3 is 1.54 bits per heavy atom. The van der Waals surface area contributed by atoms with Crippen LogP contribution in [0.1, 0.15) is 106 Å². The zero-order valence-electron chi connectivity index (χ0n) is 17.8. The van der Waals surface area contributed by atoms with Crippen LogP contribution in [0.25, 0.3) is 0 Å². The molecule has 0 aromatic heterocycles. The van der Waals surface area contributed by atoms with Crippen LogP contribution in [0.5, 0.6) is 0 Å². The zero-order chi connectivity index (χ0) is 18.6. The van der Waals surface area contributed by atoms with Crippen molar-refractivity contribution < 1.29 is 4.79 Å². The SMILES string of the molecule is CCCCC(CC)CN(CC(CC)CCCC)C(=O)C(C)(C)CC. The van der Waals surface area contributed by atoms with Crippen molar-refractivity contribution in [3.63, 3.8) is 0 Å². The summed E-state index contributed by atoms with van der Waals surface area (Å²) in [4.78, 5) is 15.4. The molecule has 1 amide bonds. The first-order chi connectivity index (χ1) is 11.4. The molecule has 2 heteroatoms. The van der Waals surface area contributed by atoms with Crippen molar-refractivity contribution in [2.24, 2.45) is 17.3 Å². The standard InChI is InChI=1S/C22H45NO/c1-8-13-15-19(10-3)17-23(21(24)22(6,7)12-5)18-20(11-4)16-14-9-2/h19-20H,8-18H2,1-7H3. The Labute approximate surface area is 152 Å². The van der Waals surface area contributed by atoms with Crippen LogP contribution in [0, 0.1) is 17.3 Å². The number of unbranched alkanes of at least 4 members (excludes halogenated alkanes) is 2. The molecule has 0 aliphatic rings. The molecule has 2 nitrogen and oxygen atoms in total. The smallest absolute Gasteiger partial charge is 0.228 e. The number of carbonyl (C=O) groups is 1. The van der Waals surface area contributed by atoms with E-state index >= 15 is 0 Å². The van der Waals surface area contributed by atoms with Crippen molar-refractivity contribution in [1.29, 1.82) is 0 Å². The van der Waals surface area contributed by atoms with Gasteiger partial charge in [-0.05, 0) is 31.1 Å². The van der Waals surface area contributed by atoms with Gasteiger partial charge < -0.3 is 4.90 Å². The van der Waals surface area contributed by atoms with E-state index in [1.807, 2.05) is 0 Å². The van der Waals surface area contributed by atoms with E-state index in [2.05, 4.69) is 53.4 Å². The van der Waals surface area contributed by atoms with Gasteiger partial charge in [0.25, 0.3) is 0 Å². The third-order valence-corrected chi connectivity index (χ3v) is 5.79. The predicted octanol–water partition coefficient (Wildman–Crippen LogP) is 6.68. The lowest BCUT2D eigenvalue weighted by Gasteiger charge is -2.36. The van der Waals surface area contributed by atoms with Crippen LogP contribution >= 0.6 is 0 Å². The van der Waals surface area contributed by atoms with E-state index < -0.39 is 0 Å². The Morgan fingerprint density at radius 2 is 1.25 bits per heavy atom. The van der Waals surface area contributed by atoms with Crippen molar-refractivity contribution >= 4 is 5.91 Å². The molecule has 0 saturated heterocycles. The third-order valence-electron chi connectivity index (χ3n) is 5.79. The Bertz CT molecular complexity index is 306. The topological polar surface area (TPSA) is 20.3 Å². The number of amides is 1. The zero-order valence-corrected chi connectivity index (χ0v) is 17.8. The highest BCUT2D eigenvalue weighted by molar-refractivity contribution is 5.81. The fourth-order valence-electron chi connectivity index (χ4n) is 3.28. The number of nitrogens with zero attached hydrogens (tertiary/aromatic N) is 1. The number of carbonyl (C=O) groups excluding carboxylic acids is 1. The van der Waals surface area contributed by atoms with Crippen molar-refractivity contribution in [2.45, 2.75) is 106 Å². The van der Waals surface area contributed by atoms with Gasteiger partial charge >= 0.3 is 0 Å². The van der Waals surface area contributed by atoms with Gasteiger partial charge in [-0.1, -0.05) is 87.0 Å². The first-order valence-corrected chi connectivity index (χ1v) is 10.6. The van der Waals surface area contributed by atoms with Crippen molar-refractivity contribution in [3.8, 4) is 0 Å². The van der Waals surface area contributed by atoms with Crippen LogP contribution in [0.2, 0.25) is 0 Å². The second-order valence-electron chi connectivity index (χ2n) is 8.28. The average molecular weight is 340 g/mol. The van der Waals surface area contributed by atoms with Crippen LogP contribution in [-0.4, -0.2) is 23.9 Å². The summed E-state index contributed by atoms with van der Waals surface area (Å²) in [5.41, 5.74) is -0.230. The molecule has 0 N–H and O–H groups in total. The van der Waals surface area contributed by atoms with Gasteiger partial charge in [0.2, 0.25) is 5.91 Å². The summed E-state index contributed by atoms with van der Waals surface area (Å²) in [7, 11) is 0. The molecular weight excluding hydrogens is 294 g/mol. The second-order valence-corrected chi connectivity index (χ2v) is 8.28. The maximum Gasteiger partial charge on any atom is 0.228 e. The summed E-state index contributed by atoms with van der Waals surface area (Å²) in [6.07, 6.45) is 10.9. The fourth-order valence-corrected chi connectivity index (χ4v) is 3.28. The van der Waals surface area contributed by atoms with Crippen molar-refractivity contribution in [1.82, 2.24) is 4.90 Å². The Hall–Kier alpha value is -0.530. The average Bonchev–Trinajstić information content (AvgIpc) is 2.59. The van der Waals surface area contributed by atoms with E-state index in [1.54, 1.807) is 0 Å². The molecular formula is C22H45NO. The lowest BCUT2D eigenvalue weighted by Crippen LogP contribution is -2.45. The Morgan fingerprint density at radius 1 is 0.833 bits per heavy atom. The van der Waals surface area contributed by atoms with E-state index in [0.29, 0.717) is 17.7 Å². The minimum absolute atomic E-state index is 0.230. The van der Waals surface area contributed by atoms with Crippen molar-refractivity contribution in [2.75, 3.05) is 13.1 Å². The molecule has 0 fully saturated rings. The second kappa shape index (κ2) is 12.8. The van der Waals surface area contributed by atoms with Crippen LogP contribution < -0.4 is 0 Å².